The van der Waals surface area contributed by atoms with Crippen LogP contribution < -0.4 is 0 Å². The summed E-state index contributed by atoms with van der Waals surface area (Å²) in [5.74, 6) is -1.25. The van der Waals surface area contributed by atoms with E-state index in [0.29, 0.717) is 12.2 Å². The molecule has 0 aliphatic rings. The van der Waals surface area contributed by atoms with Gasteiger partial charge in [-0.25, -0.2) is 8.78 Å². The number of fused-ring (bicyclic) bond motifs is 1. The molecule has 0 aliphatic carbocycles. The highest BCUT2D eigenvalue weighted by Gasteiger charge is 2.18. The summed E-state index contributed by atoms with van der Waals surface area (Å²) in [5, 5.41) is 9.07. The lowest BCUT2D eigenvalue weighted by Crippen LogP contribution is -2.01. The molecule has 0 atom stereocenters. The Labute approximate surface area is 133 Å². The van der Waals surface area contributed by atoms with Crippen molar-refractivity contribution in [3.8, 4) is 11.3 Å². The molecule has 0 amide bonds. The molecule has 0 fully saturated rings. The van der Waals surface area contributed by atoms with Gasteiger partial charge in [0.25, 0.3) is 0 Å². The highest BCUT2D eigenvalue weighted by Crippen LogP contribution is 2.33. The number of rotatable bonds is 3. The second kappa shape index (κ2) is 5.91. The molecule has 118 valence electrons. The summed E-state index contributed by atoms with van der Waals surface area (Å²) >= 11 is 0. The number of aryl methyl sites for hydroxylation is 1. The molecular formula is C18H17F2N3. The first kappa shape index (κ1) is 15.3. The maximum Gasteiger partial charge on any atom is 0.135 e. The van der Waals surface area contributed by atoms with Gasteiger partial charge in [0.15, 0.2) is 0 Å². The van der Waals surface area contributed by atoms with Gasteiger partial charge in [-0.2, -0.15) is 5.10 Å². The van der Waals surface area contributed by atoms with E-state index in [1.54, 1.807) is 6.20 Å². The minimum Gasteiger partial charge on any atom is -0.339 e. The van der Waals surface area contributed by atoms with Gasteiger partial charge in [-0.3, -0.25) is 0 Å². The van der Waals surface area contributed by atoms with Gasteiger partial charge in [-0.05, 0) is 38.5 Å². The smallest absolute Gasteiger partial charge is 0.135 e. The first-order valence-electron chi connectivity index (χ1n) is 7.42. The molecule has 0 unspecified atom stereocenters. The standard InChI is InChI=1S/C18H17F2N3/c1-4-5-8-23-12(3)11(2)15-10-21-22-17(18(15)23)14-7-6-13(19)9-16(14)20/h4-7,9-10H,8H2,1-3H3. The Morgan fingerprint density at radius 3 is 2.70 bits per heavy atom. The molecular weight excluding hydrogens is 296 g/mol. The molecule has 0 saturated heterocycles. The Morgan fingerprint density at radius 2 is 2.00 bits per heavy atom. The monoisotopic (exact) mass is 313 g/mol. The van der Waals surface area contributed by atoms with Crippen LogP contribution in [0.5, 0.6) is 0 Å². The molecule has 0 saturated carbocycles. The van der Waals surface area contributed by atoms with E-state index in [4.69, 9.17) is 0 Å². The fourth-order valence-corrected chi connectivity index (χ4v) is 2.80. The molecule has 5 heteroatoms. The van der Waals surface area contributed by atoms with Crippen LogP contribution in [0.15, 0.2) is 36.5 Å². The number of halogens is 2. The van der Waals surface area contributed by atoms with Crippen LogP contribution in [0.1, 0.15) is 18.2 Å². The molecule has 3 nitrogen and oxygen atoms in total. The van der Waals surface area contributed by atoms with Crippen LogP contribution >= 0.6 is 0 Å². The topological polar surface area (TPSA) is 30.7 Å². The first-order chi connectivity index (χ1) is 11.0. The van der Waals surface area contributed by atoms with Crippen LogP contribution in [0.2, 0.25) is 0 Å². The van der Waals surface area contributed by atoms with Gasteiger partial charge >= 0.3 is 0 Å². The van der Waals surface area contributed by atoms with Gasteiger partial charge in [0.05, 0.1) is 11.7 Å². The number of nitrogens with zero attached hydrogens (tertiary/aromatic N) is 3. The van der Waals surface area contributed by atoms with Crippen LogP contribution in [0, 0.1) is 25.5 Å². The van der Waals surface area contributed by atoms with E-state index in [0.717, 1.165) is 28.2 Å². The fraction of sp³-hybridized carbons (Fsp3) is 0.222. The average Bonchev–Trinajstić information content (AvgIpc) is 2.77. The molecule has 0 bridgehead atoms. The zero-order valence-corrected chi connectivity index (χ0v) is 13.3. The number of aromatic nitrogens is 3. The molecule has 23 heavy (non-hydrogen) atoms. The number of benzene rings is 1. The van der Waals surface area contributed by atoms with Crippen molar-refractivity contribution in [2.75, 3.05) is 0 Å². The third-order valence-electron chi connectivity index (χ3n) is 4.16. The van der Waals surface area contributed by atoms with E-state index in [-0.39, 0.29) is 5.56 Å². The summed E-state index contributed by atoms with van der Waals surface area (Å²) in [6, 6.07) is 3.51. The van der Waals surface area contributed by atoms with Crippen molar-refractivity contribution >= 4 is 10.9 Å². The Hall–Kier alpha value is -2.56. The molecule has 0 N–H and O–H groups in total. The zero-order valence-electron chi connectivity index (χ0n) is 13.3. The Bertz CT molecular complexity index is 910. The largest absolute Gasteiger partial charge is 0.339 e. The van der Waals surface area contributed by atoms with Gasteiger partial charge in [0.1, 0.15) is 17.3 Å². The van der Waals surface area contributed by atoms with Crippen molar-refractivity contribution in [2.45, 2.75) is 27.3 Å². The summed E-state index contributed by atoms with van der Waals surface area (Å²) in [6.45, 7) is 6.64. The Morgan fingerprint density at radius 1 is 1.22 bits per heavy atom. The minimum atomic E-state index is -0.638. The van der Waals surface area contributed by atoms with E-state index in [9.17, 15) is 8.78 Å². The van der Waals surface area contributed by atoms with Gasteiger partial charge in [0.2, 0.25) is 0 Å². The maximum absolute atomic E-state index is 14.2. The Kier molecular flexibility index (Phi) is 3.94. The summed E-state index contributed by atoms with van der Waals surface area (Å²) in [7, 11) is 0. The van der Waals surface area contributed by atoms with Gasteiger partial charge in [-0.15, -0.1) is 5.10 Å². The maximum atomic E-state index is 14.2. The van der Waals surface area contributed by atoms with Crippen LogP contribution in [0.4, 0.5) is 8.78 Å². The van der Waals surface area contributed by atoms with Crippen molar-refractivity contribution in [1.29, 1.82) is 0 Å². The van der Waals surface area contributed by atoms with Crippen molar-refractivity contribution in [3.05, 3.63) is 59.4 Å². The Balaban J connectivity index is 2.35. The van der Waals surface area contributed by atoms with E-state index < -0.39 is 11.6 Å². The summed E-state index contributed by atoms with van der Waals surface area (Å²) in [6.07, 6.45) is 5.68. The lowest BCUT2D eigenvalue weighted by atomic mass is 10.1. The summed E-state index contributed by atoms with van der Waals surface area (Å²) in [4.78, 5) is 0. The first-order valence-corrected chi connectivity index (χ1v) is 7.42. The number of hydrogen-bond donors (Lipinski definition) is 0. The van der Waals surface area contributed by atoms with Crippen LogP contribution in [-0.2, 0) is 6.54 Å². The third-order valence-corrected chi connectivity index (χ3v) is 4.16. The summed E-state index contributed by atoms with van der Waals surface area (Å²) in [5.41, 5.74) is 3.67. The van der Waals surface area contributed by atoms with Gasteiger partial charge in [-0.1, -0.05) is 12.2 Å². The number of hydrogen-bond acceptors (Lipinski definition) is 2. The van der Waals surface area contributed by atoms with E-state index >= 15 is 0 Å². The van der Waals surface area contributed by atoms with Crippen molar-refractivity contribution in [3.63, 3.8) is 0 Å². The van der Waals surface area contributed by atoms with Gasteiger partial charge < -0.3 is 4.57 Å². The molecule has 0 spiro atoms. The van der Waals surface area contributed by atoms with Crippen molar-refractivity contribution < 1.29 is 8.78 Å². The fourth-order valence-electron chi connectivity index (χ4n) is 2.80. The molecule has 2 aromatic heterocycles. The molecule has 2 heterocycles. The predicted octanol–water partition coefficient (Wildman–Crippen LogP) is 4.57. The van der Waals surface area contributed by atoms with Crippen LogP contribution in [0.3, 0.4) is 0 Å². The quantitative estimate of drug-likeness (QED) is 0.663. The third kappa shape index (κ3) is 2.52. The average molecular weight is 313 g/mol. The van der Waals surface area contributed by atoms with Crippen molar-refractivity contribution in [2.24, 2.45) is 0 Å². The second-order valence-corrected chi connectivity index (χ2v) is 5.47. The lowest BCUT2D eigenvalue weighted by Gasteiger charge is -2.09. The lowest BCUT2D eigenvalue weighted by molar-refractivity contribution is 0.585. The molecule has 3 aromatic rings. The zero-order chi connectivity index (χ0) is 16.6. The second-order valence-electron chi connectivity index (χ2n) is 5.47. The highest BCUT2D eigenvalue weighted by molar-refractivity contribution is 5.95. The molecule has 0 aliphatic heterocycles. The summed E-state index contributed by atoms with van der Waals surface area (Å²) < 4.78 is 29.5. The SMILES string of the molecule is CC=CCn1c(C)c(C)c2cnnc(-c3ccc(F)cc3F)c21. The van der Waals surface area contributed by atoms with E-state index in [1.165, 1.54) is 12.1 Å². The van der Waals surface area contributed by atoms with Crippen molar-refractivity contribution in [1.82, 2.24) is 14.8 Å². The normalized spacial score (nSPS) is 11.7. The molecule has 1 aromatic carbocycles. The molecule has 3 rings (SSSR count). The minimum absolute atomic E-state index is 0.253. The highest BCUT2D eigenvalue weighted by atomic mass is 19.1. The van der Waals surface area contributed by atoms with Crippen LogP contribution in [-0.4, -0.2) is 14.8 Å². The number of allylic oxidation sites excluding steroid dienone is 2. The molecule has 0 radical (unpaired) electrons. The van der Waals surface area contributed by atoms with Crippen LogP contribution in [0.25, 0.3) is 22.2 Å². The van der Waals surface area contributed by atoms with E-state index in [1.807, 2.05) is 32.9 Å². The van der Waals surface area contributed by atoms with Gasteiger partial charge in [0, 0.05) is 29.3 Å². The predicted molar refractivity (Wildman–Crippen MR) is 87.2 cm³/mol. The van der Waals surface area contributed by atoms with E-state index in [2.05, 4.69) is 14.8 Å².